The number of benzene rings is 1. The van der Waals surface area contributed by atoms with E-state index in [1.165, 1.54) is 9.80 Å². The maximum Gasteiger partial charge on any atom is 0.418 e. The second kappa shape index (κ2) is 11.0. The maximum atomic E-state index is 13.9. The second-order valence-corrected chi connectivity index (χ2v) is 11.1. The van der Waals surface area contributed by atoms with Crippen LogP contribution in [0.15, 0.2) is 42.6 Å². The molecule has 7 nitrogen and oxygen atoms in total. The molecule has 1 aromatic carbocycles. The van der Waals surface area contributed by atoms with E-state index in [0.29, 0.717) is 31.9 Å². The quantitative estimate of drug-likeness (QED) is 0.492. The monoisotopic (exact) mass is 575 g/mol. The van der Waals surface area contributed by atoms with Gasteiger partial charge in [-0.2, -0.15) is 18.4 Å². The van der Waals surface area contributed by atoms with Crippen molar-refractivity contribution in [3.63, 3.8) is 0 Å². The van der Waals surface area contributed by atoms with Gasteiger partial charge in [-0.1, -0.05) is 30.3 Å². The topological polar surface area (TPSA) is 80.5 Å². The van der Waals surface area contributed by atoms with Crippen molar-refractivity contribution in [1.29, 1.82) is 5.26 Å². The Hall–Kier alpha value is -3.59. The number of halogens is 5. The molecular weight excluding hydrogens is 545 g/mol. The fourth-order valence-electron chi connectivity index (χ4n) is 6.13. The summed E-state index contributed by atoms with van der Waals surface area (Å²) in [7, 11) is 0. The van der Waals surface area contributed by atoms with Crippen molar-refractivity contribution in [2.75, 3.05) is 39.3 Å². The van der Waals surface area contributed by atoms with E-state index in [4.69, 9.17) is 0 Å². The first-order chi connectivity index (χ1) is 19.4. The number of hydrogen-bond acceptors (Lipinski definition) is 5. The molecule has 3 aliphatic heterocycles. The van der Waals surface area contributed by atoms with E-state index in [1.807, 2.05) is 30.3 Å². The van der Waals surface area contributed by atoms with Gasteiger partial charge in [0.25, 0.3) is 17.7 Å². The minimum atomic E-state index is -4.87. The molecule has 3 aliphatic rings. The van der Waals surface area contributed by atoms with E-state index in [-0.39, 0.29) is 57.4 Å². The predicted octanol–water partition coefficient (Wildman–Crippen LogP) is 4.74. The van der Waals surface area contributed by atoms with Gasteiger partial charge in [-0.05, 0) is 37.3 Å². The Bertz CT molecular complexity index is 1330. The predicted molar refractivity (Wildman–Crippen MR) is 138 cm³/mol. The summed E-state index contributed by atoms with van der Waals surface area (Å²) < 4.78 is 68.9. The van der Waals surface area contributed by atoms with Crippen LogP contribution in [0.4, 0.5) is 22.0 Å². The number of piperidine rings is 2. The number of pyridine rings is 1. The smallest absolute Gasteiger partial charge is 0.339 e. The highest BCUT2D eigenvalue weighted by Crippen LogP contribution is 2.37. The highest BCUT2D eigenvalue weighted by atomic mass is 19.4. The third-order valence-electron chi connectivity index (χ3n) is 8.57. The maximum absolute atomic E-state index is 13.9. The van der Waals surface area contributed by atoms with Crippen molar-refractivity contribution in [3.8, 4) is 6.07 Å². The SMILES string of the molecule is N#CC1(c2ccccc2)CCN(C(=O)c2cc(C(=O)N3CCC(N4CCC(F)(F)C4)CC3)c(C(F)(F)F)cn2)CC1. The van der Waals surface area contributed by atoms with Gasteiger partial charge < -0.3 is 9.80 Å². The lowest BCUT2D eigenvalue weighted by Crippen LogP contribution is -2.47. The lowest BCUT2D eigenvalue weighted by atomic mass is 9.74. The number of alkyl halides is 5. The molecule has 3 fully saturated rings. The average molecular weight is 576 g/mol. The molecule has 2 aromatic rings. The lowest BCUT2D eigenvalue weighted by molar-refractivity contribution is -0.138. The summed E-state index contributed by atoms with van der Waals surface area (Å²) in [5, 5.41) is 9.92. The average Bonchev–Trinajstić information content (AvgIpc) is 3.35. The van der Waals surface area contributed by atoms with Crippen LogP contribution in [0.1, 0.15) is 64.1 Å². The third-order valence-corrected chi connectivity index (χ3v) is 8.57. The van der Waals surface area contributed by atoms with E-state index >= 15 is 0 Å². The molecule has 5 rings (SSSR count). The summed E-state index contributed by atoms with van der Waals surface area (Å²) in [6.07, 6.45) is -3.13. The summed E-state index contributed by atoms with van der Waals surface area (Å²) in [4.78, 5) is 34.8. The summed E-state index contributed by atoms with van der Waals surface area (Å²) in [5.74, 6) is -4.23. The molecule has 0 N–H and O–H groups in total. The van der Waals surface area contributed by atoms with Gasteiger partial charge >= 0.3 is 6.18 Å². The van der Waals surface area contributed by atoms with Crippen LogP contribution in [0.3, 0.4) is 0 Å². The zero-order chi connectivity index (χ0) is 29.4. The van der Waals surface area contributed by atoms with Crippen LogP contribution in [-0.2, 0) is 11.6 Å². The van der Waals surface area contributed by atoms with Crippen molar-refractivity contribution in [3.05, 3.63) is 65.0 Å². The third kappa shape index (κ3) is 5.91. The first-order valence-corrected chi connectivity index (χ1v) is 13.7. The molecule has 1 aromatic heterocycles. The molecule has 2 amide bonds. The number of amides is 2. The van der Waals surface area contributed by atoms with Crippen molar-refractivity contribution in [2.24, 2.45) is 0 Å². The molecule has 0 atom stereocenters. The molecule has 0 spiro atoms. The molecule has 0 saturated carbocycles. The minimum absolute atomic E-state index is 0.121. The molecule has 0 aliphatic carbocycles. The van der Waals surface area contributed by atoms with Crippen molar-refractivity contribution < 1.29 is 31.5 Å². The largest absolute Gasteiger partial charge is 0.418 e. The summed E-state index contributed by atoms with van der Waals surface area (Å²) in [6.45, 7) is 0.549. The lowest BCUT2D eigenvalue weighted by Gasteiger charge is -2.37. The molecule has 41 heavy (non-hydrogen) atoms. The second-order valence-electron chi connectivity index (χ2n) is 11.1. The minimum Gasteiger partial charge on any atom is -0.339 e. The van der Waals surface area contributed by atoms with Gasteiger partial charge in [0.05, 0.1) is 29.2 Å². The zero-order valence-electron chi connectivity index (χ0n) is 22.3. The summed E-state index contributed by atoms with van der Waals surface area (Å²) in [5.41, 5.74) is -2.09. The molecule has 0 unspecified atom stereocenters. The Balaban J connectivity index is 1.30. The van der Waals surface area contributed by atoms with E-state index in [2.05, 4.69) is 11.1 Å². The molecule has 3 saturated heterocycles. The number of aromatic nitrogens is 1. The Morgan fingerprint density at radius 3 is 2.12 bits per heavy atom. The molecule has 218 valence electrons. The van der Waals surface area contributed by atoms with E-state index in [9.17, 15) is 36.8 Å². The Labute approximate surface area is 234 Å². The van der Waals surface area contributed by atoms with Crippen LogP contribution in [0, 0.1) is 11.3 Å². The van der Waals surface area contributed by atoms with Gasteiger partial charge in [0, 0.05) is 51.4 Å². The number of likely N-dealkylation sites (tertiary alicyclic amines) is 3. The van der Waals surface area contributed by atoms with Gasteiger partial charge in [-0.3, -0.25) is 19.5 Å². The van der Waals surface area contributed by atoms with Crippen molar-refractivity contribution in [1.82, 2.24) is 19.7 Å². The fraction of sp³-hybridized carbons (Fsp3) is 0.517. The summed E-state index contributed by atoms with van der Waals surface area (Å²) in [6, 6.07) is 12.4. The van der Waals surface area contributed by atoms with Crippen LogP contribution >= 0.6 is 0 Å². The molecular formula is C29H30F5N5O2. The Morgan fingerprint density at radius 1 is 0.927 bits per heavy atom. The van der Waals surface area contributed by atoms with E-state index < -0.39 is 40.5 Å². The highest BCUT2D eigenvalue weighted by Gasteiger charge is 2.43. The summed E-state index contributed by atoms with van der Waals surface area (Å²) >= 11 is 0. The normalized spacial score (nSPS) is 21.5. The van der Waals surface area contributed by atoms with Crippen LogP contribution in [0.2, 0.25) is 0 Å². The van der Waals surface area contributed by atoms with Gasteiger partial charge in [-0.25, -0.2) is 8.78 Å². The number of carbonyl (C=O) groups is 2. The molecule has 0 bridgehead atoms. The highest BCUT2D eigenvalue weighted by molar-refractivity contribution is 5.99. The first kappa shape index (κ1) is 28.9. The van der Waals surface area contributed by atoms with Crippen molar-refractivity contribution in [2.45, 2.75) is 55.7 Å². The number of nitriles is 1. The van der Waals surface area contributed by atoms with Gasteiger partial charge in [0.15, 0.2) is 0 Å². The standard InChI is InChI=1S/C29H30F5N5O2/c30-28(31)10-15-39(19-28)21-6-11-37(12-7-21)25(40)22-16-24(36-17-23(22)29(32,33)34)26(41)38-13-8-27(18-35,9-14-38)20-4-2-1-3-5-20/h1-5,16-17,21H,6-15,19H2. The molecule has 12 heteroatoms. The van der Waals surface area contributed by atoms with Crippen LogP contribution < -0.4 is 0 Å². The van der Waals surface area contributed by atoms with Crippen molar-refractivity contribution >= 4 is 11.8 Å². The number of carbonyl (C=O) groups excluding carboxylic acids is 2. The number of rotatable bonds is 4. The van der Waals surface area contributed by atoms with Crippen LogP contribution in [0.25, 0.3) is 0 Å². The van der Waals surface area contributed by atoms with Gasteiger partial charge in [-0.15, -0.1) is 0 Å². The van der Waals surface area contributed by atoms with Crippen LogP contribution in [0.5, 0.6) is 0 Å². The van der Waals surface area contributed by atoms with Gasteiger partial charge in [0.1, 0.15) is 5.69 Å². The molecule has 4 heterocycles. The zero-order valence-corrected chi connectivity index (χ0v) is 22.3. The number of hydrogen-bond donors (Lipinski definition) is 0. The van der Waals surface area contributed by atoms with E-state index in [0.717, 1.165) is 11.6 Å². The van der Waals surface area contributed by atoms with Gasteiger partial charge in [0.2, 0.25) is 0 Å². The Morgan fingerprint density at radius 2 is 1.56 bits per heavy atom. The molecule has 0 radical (unpaired) electrons. The number of nitrogens with zero attached hydrogens (tertiary/aromatic N) is 5. The fourth-order valence-corrected chi connectivity index (χ4v) is 6.13. The van der Waals surface area contributed by atoms with Crippen LogP contribution in [-0.4, -0.2) is 82.7 Å². The Kier molecular flexibility index (Phi) is 7.76. The van der Waals surface area contributed by atoms with E-state index in [1.54, 1.807) is 4.90 Å². The first-order valence-electron chi connectivity index (χ1n) is 13.7.